The summed E-state index contributed by atoms with van der Waals surface area (Å²) in [5, 5.41) is 0. The Morgan fingerprint density at radius 2 is 0.833 bits per heavy atom. The van der Waals surface area contributed by atoms with Gasteiger partial charge in [-0.2, -0.15) is 0 Å². The number of ether oxygens (including phenoxy) is 3. The molecule has 0 bridgehead atoms. The van der Waals surface area contributed by atoms with Crippen LogP contribution in [-0.2, 0) is 23.8 Å². The van der Waals surface area contributed by atoms with Gasteiger partial charge in [0.25, 0.3) is 0 Å². The molecule has 0 radical (unpaired) electrons. The normalized spacial score (nSPS) is 12.7. The van der Waals surface area contributed by atoms with Crippen LogP contribution in [0.4, 0.5) is 0 Å². The van der Waals surface area contributed by atoms with Crippen molar-refractivity contribution in [2.24, 2.45) is 0 Å². The number of rotatable bonds is 41. The molecule has 0 fully saturated rings. The van der Waals surface area contributed by atoms with Crippen molar-refractivity contribution in [3.63, 3.8) is 0 Å². The van der Waals surface area contributed by atoms with Crippen LogP contribution < -0.4 is 0 Å². The zero-order valence-electron chi connectivity index (χ0n) is 35.7. The quantitative estimate of drug-likeness (QED) is 0.0353. The third-order valence-corrected chi connectivity index (χ3v) is 9.54. The first-order valence-electron chi connectivity index (χ1n) is 22.8. The van der Waals surface area contributed by atoms with E-state index in [1.807, 2.05) is 0 Å². The number of carbonyl (C=O) groups is 2. The molecule has 0 aromatic carbocycles. The molecule has 0 rings (SSSR count). The highest BCUT2D eigenvalue weighted by Gasteiger charge is 2.17. The van der Waals surface area contributed by atoms with Crippen LogP contribution in [0.1, 0.15) is 213 Å². The minimum atomic E-state index is -0.541. The van der Waals surface area contributed by atoms with Crippen LogP contribution in [-0.4, -0.2) is 37.9 Å². The molecular formula is C49H86O5. The molecule has 1 unspecified atom stereocenters. The van der Waals surface area contributed by atoms with E-state index in [2.05, 4.69) is 81.5 Å². The zero-order chi connectivity index (χ0) is 39.3. The average Bonchev–Trinajstić information content (AvgIpc) is 3.17. The van der Waals surface area contributed by atoms with E-state index in [0.717, 1.165) is 83.5 Å². The van der Waals surface area contributed by atoms with Crippen LogP contribution in [0.25, 0.3) is 0 Å². The van der Waals surface area contributed by atoms with E-state index in [9.17, 15) is 9.59 Å². The Morgan fingerprint density at radius 1 is 0.426 bits per heavy atom. The molecule has 1 atom stereocenters. The lowest BCUT2D eigenvalue weighted by Gasteiger charge is -2.18. The number of hydrogen-bond donors (Lipinski definition) is 0. The summed E-state index contributed by atoms with van der Waals surface area (Å²) in [5.74, 6) is -0.430. The number of hydrogen-bond acceptors (Lipinski definition) is 5. The molecule has 0 spiro atoms. The largest absolute Gasteiger partial charge is 0.462 e. The molecule has 0 aliphatic rings. The Bertz CT molecular complexity index is 946. The van der Waals surface area contributed by atoms with Gasteiger partial charge in [-0.25, -0.2) is 0 Å². The molecule has 0 heterocycles. The fourth-order valence-electron chi connectivity index (χ4n) is 6.14. The predicted octanol–water partition coefficient (Wildman–Crippen LogP) is 15.0. The summed E-state index contributed by atoms with van der Waals surface area (Å²) >= 11 is 0. The third-order valence-electron chi connectivity index (χ3n) is 9.54. The predicted molar refractivity (Wildman–Crippen MR) is 233 cm³/mol. The Morgan fingerprint density at radius 3 is 1.37 bits per heavy atom. The van der Waals surface area contributed by atoms with E-state index in [1.165, 1.54) is 96.3 Å². The zero-order valence-corrected chi connectivity index (χ0v) is 35.7. The van der Waals surface area contributed by atoms with Crippen LogP contribution in [0, 0.1) is 0 Å². The van der Waals surface area contributed by atoms with Gasteiger partial charge in [0.2, 0.25) is 0 Å². The summed E-state index contributed by atoms with van der Waals surface area (Å²) in [5.41, 5.74) is 0. The molecule has 0 saturated carbocycles. The number of unbranched alkanes of at least 4 members (excludes halogenated alkanes) is 20. The lowest BCUT2D eigenvalue weighted by Crippen LogP contribution is -2.30. The van der Waals surface area contributed by atoms with E-state index < -0.39 is 6.10 Å². The molecule has 0 saturated heterocycles. The summed E-state index contributed by atoms with van der Waals surface area (Å²) < 4.78 is 17.2. The standard InChI is InChI=1S/C49H86O5/c1-4-7-10-13-15-17-19-21-23-24-25-27-29-31-33-35-38-41-44-52-45-47(54-49(51)43-40-36-12-9-6-3)46-53-48(50)42-39-37-34-32-30-28-26-22-20-18-16-14-11-8-5-2/h7,10,15-18,21-23,26,47H,4-6,8-9,11-14,19-20,24-25,27-46H2,1-3H3/b10-7-,17-15-,18-16-,23-21-,26-22-. The Balaban J connectivity index is 4.08. The highest BCUT2D eigenvalue weighted by atomic mass is 16.6. The molecule has 0 aromatic heterocycles. The number of allylic oxidation sites excluding steroid dienone is 10. The summed E-state index contributed by atoms with van der Waals surface area (Å²) in [6.07, 6.45) is 55.3. The summed E-state index contributed by atoms with van der Waals surface area (Å²) in [6, 6.07) is 0. The van der Waals surface area contributed by atoms with Crippen molar-refractivity contribution in [1.29, 1.82) is 0 Å². The topological polar surface area (TPSA) is 61.8 Å². The molecular weight excluding hydrogens is 669 g/mol. The van der Waals surface area contributed by atoms with Crippen LogP contribution in [0.3, 0.4) is 0 Å². The second-order valence-electron chi connectivity index (χ2n) is 14.9. The van der Waals surface area contributed by atoms with Crippen LogP contribution in [0.15, 0.2) is 60.8 Å². The van der Waals surface area contributed by atoms with Gasteiger partial charge in [-0.3, -0.25) is 9.59 Å². The first kappa shape index (κ1) is 51.6. The van der Waals surface area contributed by atoms with Gasteiger partial charge < -0.3 is 14.2 Å². The molecule has 0 aliphatic heterocycles. The van der Waals surface area contributed by atoms with Crippen LogP contribution >= 0.6 is 0 Å². The highest BCUT2D eigenvalue weighted by Crippen LogP contribution is 2.13. The van der Waals surface area contributed by atoms with Crippen LogP contribution in [0.2, 0.25) is 0 Å². The maximum absolute atomic E-state index is 12.5. The summed E-state index contributed by atoms with van der Waals surface area (Å²) in [4.78, 5) is 25.0. The number of esters is 2. The minimum Gasteiger partial charge on any atom is -0.462 e. The fraction of sp³-hybridized carbons (Fsp3) is 0.755. The van der Waals surface area contributed by atoms with Crippen molar-refractivity contribution >= 4 is 11.9 Å². The van der Waals surface area contributed by atoms with Crippen molar-refractivity contribution < 1.29 is 23.8 Å². The Labute approximate surface area is 334 Å². The van der Waals surface area contributed by atoms with E-state index in [0.29, 0.717) is 19.4 Å². The monoisotopic (exact) mass is 755 g/mol. The van der Waals surface area contributed by atoms with E-state index >= 15 is 0 Å². The second-order valence-corrected chi connectivity index (χ2v) is 14.9. The maximum Gasteiger partial charge on any atom is 0.306 e. The van der Waals surface area contributed by atoms with Gasteiger partial charge in [-0.15, -0.1) is 0 Å². The minimum absolute atomic E-state index is 0.0739. The van der Waals surface area contributed by atoms with Crippen molar-refractivity contribution in [3.05, 3.63) is 60.8 Å². The lowest BCUT2D eigenvalue weighted by atomic mass is 10.1. The Hall–Kier alpha value is -2.40. The molecule has 54 heavy (non-hydrogen) atoms. The fourth-order valence-corrected chi connectivity index (χ4v) is 6.14. The molecule has 0 aliphatic carbocycles. The summed E-state index contributed by atoms with van der Waals surface area (Å²) in [6.45, 7) is 7.59. The maximum atomic E-state index is 12.5. The van der Waals surface area contributed by atoms with E-state index in [4.69, 9.17) is 14.2 Å². The van der Waals surface area contributed by atoms with Gasteiger partial charge in [0, 0.05) is 19.4 Å². The average molecular weight is 755 g/mol. The van der Waals surface area contributed by atoms with Gasteiger partial charge >= 0.3 is 11.9 Å². The first-order valence-corrected chi connectivity index (χ1v) is 22.8. The highest BCUT2D eigenvalue weighted by molar-refractivity contribution is 5.70. The van der Waals surface area contributed by atoms with Crippen molar-refractivity contribution in [1.82, 2.24) is 0 Å². The van der Waals surface area contributed by atoms with Crippen molar-refractivity contribution in [2.45, 2.75) is 219 Å². The van der Waals surface area contributed by atoms with Crippen molar-refractivity contribution in [3.8, 4) is 0 Å². The van der Waals surface area contributed by atoms with Crippen LogP contribution in [0.5, 0.6) is 0 Å². The van der Waals surface area contributed by atoms with Gasteiger partial charge in [-0.05, 0) is 83.5 Å². The molecule has 5 nitrogen and oxygen atoms in total. The summed E-state index contributed by atoms with van der Waals surface area (Å²) in [7, 11) is 0. The van der Waals surface area contributed by atoms with E-state index in [1.54, 1.807) is 0 Å². The Kier molecular flexibility index (Phi) is 43.0. The number of carbonyl (C=O) groups excluding carboxylic acids is 2. The molecule has 5 heteroatoms. The molecule has 0 aromatic rings. The third kappa shape index (κ3) is 42.3. The van der Waals surface area contributed by atoms with Crippen molar-refractivity contribution in [2.75, 3.05) is 19.8 Å². The molecule has 0 N–H and O–H groups in total. The SMILES string of the molecule is CC/C=C\C/C=C\C/C=C\CCCCCCCCCCOCC(COC(=O)CCCCCCC/C=C\C/C=C\CCCCC)OC(=O)CCCCCCC. The second kappa shape index (κ2) is 45.0. The van der Waals surface area contributed by atoms with Gasteiger partial charge in [0.05, 0.1) is 6.61 Å². The first-order chi connectivity index (χ1) is 26.6. The van der Waals surface area contributed by atoms with E-state index in [-0.39, 0.29) is 25.2 Å². The smallest absolute Gasteiger partial charge is 0.306 e. The lowest BCUT2D eigenvalue weighted by molar-refractivity contribution is -0.163. The molecule has 312 valence electrons. The van der Waals surface area contributed by atoms with Gasteiger partial charge in [-0.1, -0.05) is 178 Å². The van der Waals surface area contributed by atoms with Gasteiger partial charge in [0.15, 0.2) is 6.10 Å². The molecule has 0 amide bonds. The van der Waals surface area contributed by atoms with Gasteiger partial charge in [0.1, 0.15) is 6.61 Å².